The molecule has 0 saturated heterocycles. The Morgan fingerprint density at radius 2 is 2.31 bits per heavy atom. The standard InChI is InChI=1S/C9H11ClN2O/c1-6(13)12-9-4-2-3-8(10)7(9)5-11/h2-4H,5,11H2,1H3,(H,12,13). The Labute approximate surface area is 81.9 Å². The molecule has 0 aliphatic rings. The van der Waals surface area contributed by atoms with Gasteiger partial charge in [0.15, 0.2) is 0 Å². The van der Waals surface area contributed by atoms with E-state index in [1.165, 1.54) is 6.92 Å². The van der Waals surface area contributed by atoms with Crippen LogP contribution in [0.3, 0.4) is 0 Å². The highest BCUT2D eigenvalue weighted by molar-refractivity contribution is 6.31. The van der Waals surface area contributed by atoms with Crippen LogP contribution in [0.15, 0.2) is 18.2 Å². The number of nitrogens with two attached hydrogens (primary N) is 1. The first-order valence-electron chi connectivity index (χ1n) is 3.90. The van der Waals surface area contributed by atoms with E-state index >= 15 is 0 Å². The Kier molecular flexibility index (Phi) is 3.28. The molecule has 0 aliphatic carbocycles. The van der Waals surface area contributed by atoms with Gasteiger partial charge in [0.1, 0.15) is 0 Å². The van der Waals surface area contributed by atoms with E-state index in [9.17, 15) is 4.79 Å². The van der Waals surface area contributed by atoms with E-state index in [1.54, 1.807) is 18.2 Å². The Balaban J connectivity index is 3.05. The van der Waals surface area contributed by atoms with Gasteiger partial charge in [-0.05, 0) is 12.1 Å². The second kappa shape index (κ2) is 4.25. The van der Waals surface area contributed by atoms with Crippen molar-refractivity contribution in [3.8, 4) is 0 Å². The largest absolute Gasteiger partial charge is 0.326 e. The molecule has 1 rings (SSSR count). The van der Waals surface area contributed by atoms with E-state index in [0.29, 0.717) is 17.3 Å². The second-order valence-electron chi connectivity index (χ2n) is 2.65. The fourth-order valence-electron chi connectivity index (χ4n) is 1.07. The molecule has 0 aromatic heterocycles. The average Bonchev–Trinajstić information content (AvgIpc) is 2.03. The normalized spacial score (nSPS) is 9.77. The van der Waals surface area contributed by atoms with Crippen LogP contribution < -0.4 is 11.1 Å². The van der Waals surface area contributed by atoms with Crippen molar-refractivity contribution in [1.82, 2.24) is 0 Å². The number of rotatable bonds is 2. The molecular weight excluding hydrogens is 188 g/mol. The molecule has 0 spiro atoms. The maximum Gasteiger partial charge on any atom is 0.221 e. The summed E-state index contributed by atoms with van der Waals surface area (Å²) in [6, 6.07) is 5.29. The molecule has 0 atom stereocenters. The predicted molar refractivity (Wildman–Crippen MR) is 53.6 cm³/mol. The summed E-state index contributed by atoms with van der Waals surface area (Å²) in [6.45, 7) is 1.76. The van der Waals surface area contributed by atoms with Crippen molar-refractivity contribution in [1.29, 1.82) is 0 Å². The van der Waals surface area contributed by atoms with Crippen molar-refractivity contribution in [2.75, 3.05) is 5.32 Å². The quantitative estimate of drug-likeness (QED) is 0.761. The van der Waals surface area contributed by atoms with Crippen molar-refractivity contribution in [3.63, 3.8) is 0 Å². The third kappa shape index (κ3) is 2.44. The molecule has 0 fully saturated rings. The fraction of sp³-hybridized carbons (Fsp3) is 0.222. The average molecular weight is 199 g/mol. The van der Waals surface area contributed by atoms with Gasteiger partial charge in [0.25, 0.3) is 0 Å². The molecule has 0 radical (unpaired) electrons. The van der Waals surface area contributed by atoms with Crippen molar-refractivity contribution in [2.24, 2.45) is 5.73 Å². The van der Waals surface area contributed by atoms with Gasteiger partial charge in [-0.25, -0.2) is 0 Å². The lowest BCUT2D eigenvalue weighted by Crippen LogP contribution is -2.10. The Bertz CT molecular complexity index is 325. The van der Waals surface area contributed by atoms with Gasteiger partial charge < -0.3 is 11.1 Å². The topological polar surface area (TPSA) is 55.1 Å². The molecule has 1 aromatic carbocycles. The summed E-state index contributed by atoms with van der Waals surface area (Å²) in [6.07, 6.45) is 0. The minimum atomic E-state index is -0.128. The SMILES string of the molecule is CC(=O)Nc1cccc(Cl)c1CN. The van der Waals surface area contributed by atoms with Crippen molar-refractivity contribution in [3.05, 3.63) is 28.8 Å². The van der Waals surface area contributed by atoms with Crippen LogP contribution in [0.5, 0.6) is 0 Å². The Hall–Kier alpha value is -1.06. The van der Waals surface area contributed by atoms with E-state index in [1.807, 2.05) is 0 Å². The second-order valence-corrected chi connectivity index (χ2v) is 3.06. The van der Waals surface area contributed by atoms with Crippen LogP contribution in [0.25, 0.3) is 0 Å². The smallest absolute Gasteiger partial charge is 0.221 e. The van der Waals surface area contributed by atoms with Gasteiger partial charge in [-0.15, -0.1) is 0 Å². The highest BCUT2D eigenvalue weighted by atomic mass is 35.5. The summed E-state index contributed by atoms with van der Waals surface area (Å²) in [5, 5.41) is 3.24. The lowest BCUT2D eigenvalue weighted by molar-refractivity contribution is -0.114. The monoisotopic (exact) mass is 198 g/mol. The summed E-state index contributed by atoms with van der Waals surface area (Å²) in [7, 11) is 0. The molecule has 13 heavy (non-hydrogen) atoms. The number of carbonyl (C=O) groups excluding carboxylic acids is 1. The number of nitrogens with one attached hydrogen (secondary N) is 1. The molecule has 1 amide bonds. The van der Waals surface area contributed by atoms with Crippen LogP contribution in [0.1, 0.15) is 12.5 Å². The predicted octanol–water partition coefficient (Wildman–Crippen LogP) is 1.76. The molecule has 4 heteroatoms. The van der Waals surface area contributed by atoms with Gasteiger partial charge in [0.2, 0.25) is 5.91 Å². The maximum atomic E-state index is 10.8. The first kappa shape index (κ1) is 10.0. The zero-order valence-electron chi connectivity index (χ0n) is 7.30. The number of anilines is 1. The van der Waals surface area contributed by atoms with Crippen LogP contribution in [0, 0.1) is 0 Å². The molecule has 3 N–H and O–H groups in total. The molecule has 0 unspecified atom stereocenters. The van der Waals surface area contributed by atoms with Gasteiger partial charge in [-0.2, -0.15) is 0 Å². The van der Waals surface area contributed by atoms with Gasteiger partial charge in [0.05, 0.1) is 0 Å². The van der Waals surface area contributed by atoms with Crippen LogP contribution in [0.4, 0.5) is 5.69 Å². The third-order valence-corrected chi connectivity index (χ3v) is 1.99. The minimum Gasteiger partial charge on any atom is -0.326 e. The number of hydrogen-bond donors (Lipinski definition) is 2. The first-order valence-corrected chi connectivity index (χ1v) is 4.28. The number of benzene rings is 1. The van der Waals surface area contributed by atoms with Crippen molar-refractivity contribution < 1.29 is 4.79 Å². The van der Waals surface area contributed by atoms with Gasteiger partial charge in [0, 0.05) is 29.7 Å². The lowest BCUT2D eigenvalue weighted by atomic mass is 10.2. The zero-order valence-corrected chi connectivity index (χ0v) is 8.06. The Morgan fingerprint density at radius 1 is 1.62 bits per heavy atom. The summed E-state index contributed by atoms with van der Waals surface area (Å²) in [4.78, 5) is 10.8. The molecule has 0 heterocycles. The molecule has 0 aliphatic heterocycles. The first-order chi connectivity index (χ1) is 6.15. The Morgan fingerprint density at radius 3 is 2.85 bits per heavy atom. The van der Waals surface area contributed by atoms with E-state index < -0.39 is 0 Å². The summed E-state index contributed by atoms with van der Waals surface area (Å²) in [5.41, 5.74) is 6.94. The number of halogens is 1. The number of hydrogen-bond acceptors (Lipinski definition) is 2. The van der Waals surface area contributed by atoms with Crippen LogP contribution in [-0.2, 0) is 11.3 Å². The van der Waals surface area contributed by atoms with Crippen molar-refractivity contribution >= 4 is 23.2 Å². The molecule has 3 nitrogen and oxygen atoms in total. The van der Waals surface area contributed by atoms with Gasteiger partial charge in [-0.1, -0.05) is 17.7 Å². The minimum absolute atomic E-state index is 0.128. The molecule has 0 saturated carbocycles. The molecule has 70 valence electrons. The van der Waals surface area contributed by atoms with Gasteiger partial charge >= 0.3 is 0 Å². The van der Waals surface area contributed by atoms with Crippen LogP contribution in [-0.4, -0.2) is 5.91 Å². The van der Waals surface area contributed by atoms with E-state index in [2.05, 4.69) is 5.32 Å². The van der Waals surface area contributed by atoms with Gasteiger partial charge in [-0.3, -0.25) is 4.79 Å². The summed E-state index contributed by atoms with van der Waals surface area (Å²) < 4.78 is 0. The highest BCUT2D eigenvalue weighted by Gasteiger charge is 2.05. The van der Waals surface area contributed by atoms with E-state index in [0.717, 1.165) is 5.56 Å². The zero-order chi connectivity index (χ0) is 9.84. The number of carbonyl (C=O) groups is 1. The highest BCUT2D eigenvalue weighted by Crippen LogP contribution is 2.23. The van der Waals surface area contributed by atoms with E-state index in [4.69, 9.17) is 17.3 Å². The van der Waals surface area contributed by atoms with E-state index in [-0.39, 0.29) is 5.91 Å². The third-order valence-electron chi connectivity index (χ3n) is 1.63. The number of amides is 1. The molecule has 0 bridgehead atoms. The molecular formula is C9H11ClN2O. The van der Waals surface area contributed by atoms with Crippen LogP contribution >= 0.6 is 11.6 Å². The summed E-state index contributed by atoms with van der Waals surface area (Å²) >= 11 is 5.88. The van der Waals surface area contributed by atoms with Crippen molar-refractivity contribution in [2.45, 2.75) is 13.5 Å². The summed E-state index contributed by atoms with van der Waals surface area (Å²) in [5.74, 6) is -0.128. The molecule has 1 aromatic rings. The van der Waals surface area contributed by atoms with Crippen LogP contribution in [0.2, 0.25) is 5.02 Å². The fourth-order valence-corrected chi connectivity index (χ4v) is 1.32. The maximum absolute atomic E-state index is 10.8. The lowest BCUT2D eigenvalue weighted by Gasteiger charge is -2.09.